The molecule has 0 radical (unpaired) electrons. The highest BCUT2D eigenvalue weighted by atomic mass is 16.5. The molecule has 1 amide bonds. The van der Waals surface area contributed by atoms with E-state index in [1.54, 1.807) is 14.2 Å². The number of ether oxygens (including phenoxy) is 2. The maximum Gasteiger partial charge on any atom is 0.220 e. The van der Waals surface area contributed by atoms with E-state index in [2.05, 4.69) is 46.6 Å². The van der Waals surface area contributed by atoms with Crippen LogP contribution in [0.1, 0.15) is 41.9 Å². The van der Waals surface area contributed by atoms with Crippen molar-refractivity contribution < 1.29 is 14.3 Å². The van der Waals surface area contributed by atoms with E-state index in [4.69, 9.17) is 9.47 Å². The van der Waals surface area contributed by atoms with Gasteiger partial charge in [-0.15, -0.1) is 0 Å². The summed E-state index contributed by atoms with van der Waals surface area (Å²) in [4.78, 5) is 14.8. The third-order valence-corrected chi connectivity index (χ3v) is 6.28. The highest BCUT2D eigenvalue weighted by Gasteiger charge is 2.49. The summed E-state index contributed by atoms with van der Waals surface area (Å²) < 4.78 is 10.9. The molecule has 2 aromatic carbocycles. The number of hydrogen-bond acceptors (Lipinski definition) is 4. The van der Waals surface area contributed by atoms with Gasteiger partial charge in [0.25, 0.3) is 0 Å². The molecule has 0 bridgehead atoms. The van der Waals surface area contributed by atoms with Crippen LogP contribution in [0.25, 0.3) is 0 Å². The van der Waals surface area contributed by atoms with Gasteiger partial charge < -0.3 is 14.8 Å². The Labute approximate surface area is 173 Å². The van der Waals surface area contributed by atoms with E-state index in [1.807, 2.05) is 12.1 Å². The van der Waals surface area contributed by atoms with Crippen molar-refractivity contribution in [1.29, 1.82) is 0 Å². The Bertz CT molecular complexity index is 854. The molecule has 2 aliphatic rings. The molecule has 0 unspecified atom stereocenters. The van der Waals surface area contributed by atoms with Gasteiger partial charge in [0.05, 0.1) is 19.3 Å². The monoisotopic (exact) mass is 394 g/mol. The first-order valence-corrected chi connectivity index (χ1v) is 10.4. The molecule has 29 heavy (non-hydrogen) atoms. The maximum absolute atomic E-state index is 12.3. The van der Waals surface area contributed by atoms with Crippen molar-refractivity contribution in [2.24, 2.45) is 0 Å². The molecule has 5 nitrogen and oxygen atoms in total. The molecule has 5 heteroatoms. The van der Waals surface area contributed by atoms with Gasteiger partial charge in [0.1, 0.15) is 5.75 Å². The zero-order valence-corrected chi connectivity index (χ0v) is 17.3. The number of nitrogens with one attached hydrogen (secondary N) is 1. The highest BCUT2D eigenvalue weighted by molar-refractivity contribution is 5.78. The van der Waals surface area contributed by atoms with E-state index in [0.717, 1.165) is 49.4 Å². The van der Waals surface area contributed by atoms with Crippen LogP contribution in [0.4, 0.5) is 0 Å². The zero-order chi connectivity index (χ0) is 20.3. The molecule has 2 fully saturated rings. The number of nitrogens with zero attached hydrogens (tertiary/aromatic N) is 1. The standard InChI is InChI=1S/C24H30N2O3/c1-28-16-18-10-11-22(29-2)20(13-18)14-26-15-21(19-7-4-3-5-8-19)24(17-26)12-6-9-23(27)25-24/h3-5,7-8,10-11,13,21H,6,9,12,14-17H2,1-2H3,(H,25,27)/t21-,24+/m0/s1. The molecular formula is C24H30N2O3. The summed E-state index contributed by atoms with van der Waals surface area (Å²) in [5, 5.41) is 3.38. The fourth-order valence-electron chi connectivity index (χ4n) is 5.04. The van der Waals surface area contributed by atoms with E-state index in [1.165, 1.54) is 5.56 Å². The van der Waals surface area contributed by atoms with Gasteiger partial charge in [-0.2, -0.15) is 0 Å². The summed E-state index contributed by atoms with van der Waals surface area (Å²) in [7, 11) is 3.43. The maximum atomic E-state index is 12.3. The average molecular weight is 395 g/mol. The number of carbonyl (C=O) groups is 1. The molecular weight excluding hydrogens is 364 g/mol. The van der Waals surface area contributed by atoms with Crippen LogP contribution in [0, 0.1) is 0 Å². The Kier molecular flexibility index (Phi) is 5.88. The largest absolute Gasteiger partial charge is 0.496 e. The molecule has 4 rings (SSSR count). The first-order chi connectivity index (χ1) is 14.1. The van der Waals surface area contributed by atoms with Crippen LogP contribution in [0.3, 0.4) is 0 Å². The van der Waals surface area contributed by atoms with E-state index < -0.39 is 0 Å². The molecule has 0 aliphatic carbocycles. The minimum Gasteiger partial charge on any atom is -0.496 e. The van der Waals surface area contributed by atoms with Crippen molar-refractivity contribution in [3.05, 3.63) is 65.2 Å². The fourth-order valence-corrected chi connectivity index (χ4v) is 5.04. The lowest BCUT2D eigenvalue weighted by molar-refractivity contribution is -0.125. The molecule has 1 spiro atoms. The zero-order valence-electron chi connectivity index (χ0n) is 17.3. The van der Waals surface area contributed by atoms with Gasteiger partial charge >= 0.3 is 0 Å². The van der Waals surface area contributed by atoms with Crippen LogP contribution >= 0.6 is 0 Å². The molecule has 2 saturated heterocycles. The third kappa shape index (κ3) is 4.16. The van der Waals surface area contributed by atoms with Crippen LogP contribution in [0.5, 0.6) is 5.75 Å². The summed E-state index contributed by atoms with van der Waals surface area (Å²) in [5.41, 5.74) is 3.42. The summed E-state index contributed by atoms with van der Waals surface area (Å²) in [6.07, 6.45) is 2.61. The van der Waals surface area contributed by atoms with Crippen molar-refractivity contribution >= 4 is 5.91 Å². The van der Waals surface area contributed by atoms with E-state index in [0.29, 0.717) is 18.9 Å². The number of rotatable bonds is 6. The quantitative estimate of drug-likeness (QED) is 0.815. The Morgan fingerprint density at radius 2 is 2.00 bits per heavy atom. The summed E-state index contributed by atoms with van der Waals surface area (Å²) >= 11 is 0. The van der Waals surface area contributed by atoms with E-state index in [-0.39, 0.29) is 11.4 Å². The van der Waals surface area contributed by atoms with Crippen LogP contribution in [-0.4, -0.2) is 43.7 Å². The Morgan fingerprint density at radius 1 is 1.17 bits per heavy atom. The highest BCUT2D eigenvalue weighted by Crippen LogP contribution is 2.42. The van der Waals surface area contributed by atoms with Crippen molar-refractivity contribution in [3.63, 3.8) is 0 Å². The van der Waals surface area contributed by atoms with Gasteiger partial charge in [-0.25, -0.2) is 0 Å². The smallest absolute Gasteiger partial charge is 0.220 e. The number of amides is 1. The SMILES string of the molecule is COCc1ccc(OC)c(CN2C[C@@H](c3ccccc3)[C@@]3(CCCC(=O)N3)C2)c1. The van der Waals surface area contributed by atoms with Crippen molar-refractivity contribution in [2.45, 2.75) is 43.9 Å². The van der Waals surface area contributed by atoms with Crippen LogP contribution in [0.15, 0.2) is 48.5 Å². The van der Waals surface area contributed by atoms with Gasteiger partial charge in [-0.3, -0.25) is 9.69 Å². The normalized spacial score (nSPS) is 24.6. The number of hydrogen-bond donors (Lipinski definition) is 1. The van der Waals surface area contributed by atoms with Crippen molar-refractivity contribution in [1.82, 2.24) is 10.2 Å². The second kappa shape index (κ2) is 8.56. The predicted molar refractivity (Wildman–Crippen MR) is 113 cm³/mol. The minimum atomic E-state index is -0.186. The lowest BCUT2D eigenvalue weighted by atomic mass is 9.76. The van der Waals surface area contributed by atoms with Crippen LogP contribution in [-0.2, 0) is 22.7 Å². The summed E-state index contributed by atoms with van der Waals surface area (Å²) in [6, 6.07) is 16.9. The van der Waals surface area contributed by atoms with Gasteiger partial charge in [-0.1, -0.05) is 36.4 Å². The van der Waals surface area contributed by atoms with Crippen LogP contribution < -0.4 is 10.1 Å². The molecule has 2 aromatic rings. The predicted octanol–water partition coefficient (Wildman–Crippen LogP) is 3.48. The summed E-state index contributed by atoms with van der Waals surface area (Å²) in [5.74, 6) is 1.37. The minimum absolute atomic E-state index is 0.179. The van der Waals surface area contributed by atoms with E-state index in [9.17, 15) is 4.79 Å². The number of piperidine rings is 1. The fraction of sp³-hybridized carbons (Fsp3) is 0.458. The Morgan fingerprint density at radius 3 is 2.72 bits per heavy atom. The molecule has 1 N–H and O–H groups in total. The first-order valence-electron chi connectivity index (χ1n) is 10.4. The number of likely N-dealkylation sites (tertiary alicyclic amines) is 1. The Hall–Kier alpha value is -2.37. The van der Waals surface area contributed by atoms with Gasteiger partial charge in [0, 0.05) is 44.6 Å². The van der Waals surface area contributed by atoms with Gasteiger partial charge in [0.15, 0.2) is 0 Å². The number of benzene rings is 2. The molecule has 2 aliphatic heterocycles. The van der Waals surface area contributed by atoms with Crippen molar-refractivity contribution in [3.8, 4) is 5.75 Å². The van der Waals surface area contributed by atoms with Crippen LogP contribution in [0.2, 0.25) is 0 Å². The second-order valence-electron chi connectivity index (χ2n) is 8.27. The lowest BCUT2D eigenvalue weighted by Gasteiger charge is -2.39. The molecule has 0 saturated carbocycles. The number of methoxy groups -OCH3 is 2. The molecule has 0 aromatic heterocycles. The van der Waals surface area contributed by atoms with Crippen molar-refractivity contribution in [2.75, 3.05) is 27.3 Å². The third-order valence-electron chi connectivity index (χ3n) is 6.28. The van der Waals surface area contributed by atoms with Gasteiger partial charge in [0.2, 0.25) is 5.91 Å². The molecule has 2 heterocycles. The average Bonchev–Trinajstić information content (AvgIpc) is 3.06. The number of carbonyl (C=O) groups excluding carboxylic acids is 1. The molecule has 154 valence electrons. The summed E-state index contributed by atoms with van der Waals surface area (Å²) in [6.45, 7) is 3.16. The molecule has 2 atom stereocenters. The topological polar surface area (TPSA) is 50.8 Å². The second-order valence-corrected chi connectivity index (χ2v) is 8.27. The lowest BCUT2D eigenvalue weighted by Crippen LogP contribution is -2.56. The first kappa shape index (κ1) is 19.9. The Balaban J connectivity index is 1.61. The van der Waals surface area contributed by atoms with Gasteiger partial charge in [-0.05, 0) is 36.1 Å². The van der Waals surface area contributed by atoms with E-state index >= 15 is 0 Å².